The molecule has 0 saturated carbocycles. The molecule has 0 radical (unpaired) electrons. The van der Waals surface area contributed by atoms with E-state index in [0.717, 1.165) is 0 Å². The molecule has 0 aliphatic rings. The molecule has 0 aliphatic heterocycles. The number of benzene rings is 2. The van der Waals surface area contributed by atoms with E-state index in [-0.39, 0.29) is 5.57 Å². The SMILES string of the molecule is CCOc1cc(/C=C(/C(=O)O)c2ccc(OC)cc2)ccc1OC. The molecule has 0 bridgehead atoms. The van der Waals surface area contributed by atoms with Crippen molar-refractivity contribution in [2.75, 3.05) is 20.8 Å². The summed E-state index contributed by atoms with van der Waals surface area (Å²) in [5.74, 6) is 0.851. The van der Waals surface area contributed by atoms with Gasteiger partial charge in [0.2, 0.25) is 0 Å². The van der Waals surface area contributed by atoms with Crippen molar-refractivity contribution in [3.8, 4) is 17.2 Å². The number of aliphatic carboxylic acids is 1. The van der Waals surface area contributed by atoms with Crippen molar-refractivity contribution in [3.05, 3.63) is 53.6 Å². The standard InChI is InChI=1S/C19H20O5/c1-4-24-18-12-13(5-10-17(18)23-3)11-16(19(20)21)14-6-8-15(22-2)9-7-14/h5-12H,4H2,1-3H3,(H,20,21)/b16-11+. The highest BCUT2D eigenvalue weighted by atomic mass is 16.5. The third-order valence-electron chi connectivity index (χ3n) is 3.43. The van der Waals surface area contributed by atoms with Crippen LogP contribution < -0.4 is 14.2 Å². The molecule has 1 N–H and O–H groups in total. The molecule has 0 atom stereocenters. The fraction of sp³-hybridized carbons (Fsp3) is 0.211. The van der Waals surface area contributed by atoms with Crippen LogP contribution in [-0.2, 0) is 4.79 Å². The summed E-state index contributed by atoms with van der Waals surface area (Å²) in [6, 6.07) is 12.2. The van der Waals surface area contributed by atoms with E-state index in [1.807, 2.05) is 6.92 Å². The second-order valence-electron chi connectivity index (χ2n) is 4.93. The maximum atomic E-state index is 11.6. The van der Waals surface area contributed by atoms with Crippen LogP contribution in [0.25, 0.3) is 11.6 Å². The Bertz CT molecular complexity index is 732. The normalized spacial score (nSPS) is 11.0. The Labute approximate surface area is 141 Å². The second-order valence-corrected chi connectivity index (χ2v) is 4.93. The fourth-order valence-corrected chi connectivity index (χ4v) is 2.26. The number of carboxylic acid groups (broad SMARTS) is 1. The van der Waals surface area contributed by atoms with Crippen LogP contribution in [0.3, 0.4) is 0 Å². The molecule has 0 unspecified atom stereocenters. The summed E-state index contributed by atoms with van der Waals surface area (Å²) in [6.45, 7) is 2.37. The molecule has 24 heavy (non-hydrogen) atoms. The van der Waals surface area contributed by atoms with Gasteiger partial charge in [-0.25, -0.2) is 4.79 Å². The van der Waals surface area contributed by atoms with E-state index in [1.54, 1.807) is 62.8 Å². The summed E-state index contributed by atoms with van der Waals surface area (Å²) >= 11 is 0. The summed E-state index contributed by atoms with van der Waals surface area (Å²) in [5.41, 5.74) is 1.50. The first kappa shape index (κ1) is 17.4. The predicted molar refractivity (Wildman–Crippen MR) is 92.7 cm³/mol. The topological polar surface area (TPSA) is 65.0 Å². The van der Waals surface area contributed by atoms with E-state index in [9.17, 15) is 9.90 Å². The molecule has 0 saturated heterocycles. The van der Waals surface area contributed by atoms with Gasteiger partial charge in [0, 0.05) is 0 Å². The first-order chi connectivity index (χ1) is 11.6. The van der Waals surface area contributed by atoms with Gasteiger partial charge in [-0.15, -0.1) is 0 Å². The zero-order valence-electron chi connectivity index (χ0n) is 13.9. The van der Waals surface area contributed by atoms with Crippen molar-refractivity contribution >= 4 is 17.6 Å². The largest absolute Gasteiger partial charge is 0.497 e. The molecule has 2 aromatic rings. The van der Waals surface area contributed by atoms with E-state index in [0.29, 0.717) is 35.0 Å². The molecule has 0 aromatic heterocycles. The molecule has 0 spiro atoms. The number of ether oxygens (including phenoxy) is 3. The number of carboxylic acids is 1. The van der Waals surface area contributed by atoms with Crippen molar-refractivity contribution in [2.45, 2.75) is 6.92 Å². The van der Waals surface area contributed by atoms with Crippen LogP contribution in [0.15, 0.2) is 42.5 Å². The van der Waals surface area contributed by atoms with E-state index < -0.39 is 5.97 Å². The molecule has 2 aromatic carbocycles. The Morgan fingerprint density at radius 3 is 2.29 bits per heavy atom. The van der Waals surface area contributed by atoms with Crippen molar-refractivity contribution in [1.29, 1.82) is 0 Å². The Balaban J connectivity index is 2.43. The van der Waals surface area contributed by atoms with Crippen LogP contribution in [0, 0.1) is 0 Å². The summed E-state index contributed by atoms with van der Waals surface area (Å²) in [6.07, 6.45) is 1.60. The molecule has 0 aliphatic carbocycles. The number of hydrogen-bond acceptors (Lipinski definition) is 4. The van der Waals surface area contributed by atoms with Crippen LogP contribution in [0.1, 0.15) is 18.1 Å². The lowest BCUT2D eigenvalue weighted by Crippen LogP contribution is -2.00. The molecule has 5 nitrogen and oxygen atoms in total. The molecule has 2 rings (SSSR count). The smallest absolute Gasteiger partial charge is 0.336 e. The fourth-order valence-electron chi connectivity index (χ4n) is 2.26. The quantitative estimate of drug-likeness (QED) is 0.620. The molecule has 5 heteroatoms. The van der Waals surface area contributed by atoms with E-state index in [1.165, 1.54) is 0 Å². The summed E-state index contributed by atoms with van der Waals surface area (Å²) < 4.78 is 15.9. The average Bonchev–Trinajstić information content (AvgIpc) is 2.60. The highest BCUT2D eigenvalue weighted by Crippen LogP contribution is 2.30. The van der Waals surface area contributed by atoms with Gasteiger partial charge in [-0.3, -0.25) is 0 Å². The zero-order chi connectivity index (χ0) is 17.5. The third-order valence-corrected chi connectivity index (χ3v) is 3.43. The number of rotatable bonds is 7. The number of hydrogen-bond donors (Lipinski definition) is 1. The minimum atomic E-state index is -1.01. The highest BCUT2D eigenvalue weighted by Gasteiger charge is 2.12. The summed E-state index contributed by atoms with van der Waals surface area (Å²) in [4.78, 5) is 11.6. The van der Waals surface area contributed by atoms with Gasteiger partial charge in [0.25, 0.3) is 0 Å². The van der Waals surface area contributed by atoms with E-state index in [4.69, 9.17) is 14.2 Å². The van der Waals surface area contributed by atoms with Gasteiger partial charge in [-0.1, -0.05) is 18.2 Å². The monoisotopic (exact) mass is 328 g/mol. The number of methoxy groups -OCH3 is 2. The average molecular weight is 328 g/mol. The molecule has 126 valence electrons. The van der Waals surface area contributed by atoms with E-state index in [2.05, 4.69) is 0 Å². The highest BCUT2D eigenvalue weighted by molar-refractivity contribution is 6.20. The van der Waals surface area contributed by atoms with Gasteiger partial charge in [-0.2, -0.15) is 0 Å². The maximum Gasteiger partial charge on any atom is 0.336 e. The van der Waals surface area contributed by atoms with Crippen LogP contribution in [-0.4, -0.2) is 31.9 Å². The Hall–Kier alpha value is -2.95. The lowest BCUT2D eigenvalue weighted by atomic mass is 10.0. The van der Waals surface area contributed by atoms with E-state index >= 15 is 0 Å². The van der Waals surface area contributed by atoms with Gasteiger partial charge in [-0.05, 0) is 48.4 Å². The summed E-state index contributed by atoms with van der Waals surface area (Å²) in [5, 5.41) is 9.53. The minimum absolute atomic E-state index is 0.185. The van der Waals surface area contributed by atoms with Gasteiger partial charge < -0.3 is 19.3 Å². The lowest BCUT2D eigenvalue weighted by Gasteiger charge is -2.10. The van der Waals surface area contributed by atoms with Crippen molar-refractivity contribution in [1.82, 2.24) is 0 Å². The van der Waals surface area contributed by atoms with Crippen LogP contribution in [0.2, 0.25) is 0 Å². The first-order valence-electron chi connectivity index (χ1n) is 7.49. The Morgan fingerprint density at radius 1 is 1.04 bits per heavy atom. The van der Waals surface area contributed by atoms with Crippen LogP contribution in [0.4, 0.5) is 0 Å². The first-order valence-corrected chi connectivity index (χ1v) is 7.49. The Kier molecular flexibility index (Phi) is 5.84. The predicted octanol–water partition coefficient (Wildman–Crippen LogP) is 3.73. The van der Waals surface area contributed by atoms with Gasteiger partial charge in [0.15, 0.2) is 11.5 Å². The van der Waals surface area contributed by atoms with Gasteiger partial charge in [0.05, 0.1) is 26.4 Å². The third kappa shape index (κ3) is 4.07. The minimum Gasteiger partial charge on any atom is -0.497 e. The molecule has 0 heterocycles. The lowest BCUT2D eigenvalue weighted by molar-refractivity contribution is -0.130. The number of carbonyl (C=O) groups is 1. The second kappa shape index (κ2) is 8.06. The summed E-state index contributed by atoms with van der Waals surface area (Å²) in [7, 11) is 3.13. The van der Waals surface area contributed by atoms with Gasteiger partial charge >= 0.3 is 5.97 Å². The van der Waals surface area contributed by atoms with Crippen LogP contribution in [0.5, 0.6) is 17.2 Å². The molecular weight excluding hydrogens is 308 g/mol. The van der Waals surface area contributed by atoms with Crippen LogP contribution >= 0.6 is 0 Å². The van der Waals surface area contributed by atoms with Crippen molar-refractivity contribution in [2.24, 2.45) is 0 Å². The zero-order valence-corrected chi connectivity index (χ0v) is 13.9. The van der Waals surface area contributed by atoms with Gasteiger partial charge in [0.1, 0.15) is 5.75 Å². The molecule has 0 amide bonds. The van der Waals surface area contributed by atoms with Crippen molar-refractivity contribution < 1.29 is 24.1 Å². The van der Waals surface area contributed by atoms with Crippen molar-refractivity contribution in [3.63, 3.8) is 0 Å². The molecule has 0 fully saturated rings. The molecular formula is C19H20O5. The Morgan fingerprint density at radius 2 is 1.75 bits per heavy atom. The maximum absolute atomic E-state index is 11.6.